The first-order valence-corrected chi connectivity index (χ1v) is 42.3. The van der Waals surface area contributed by atoms with Crippen molar-refractivity contribution in [1.82, 2.24) is 33.1 Å². The highest BCUT2D eigenvalue weighted by Gasteiger charge is 2.34. The quantitative estimate of drug-likeness (QED) is 0.0425. The highest BCUT2D eigenvalue weighted by molar-refractivity contribution is 6.16. The fourth-order valence-corrected chi connectivity index (χ4v) is 18.5. The molecule has 124 heavy (non-hydrogen) atoms. The van der Waals surface area contributed by atoms with Gasteiger partial charge in [-0.2, -0.15) is 22.2 Å². The van der Waals surface area contributed by atoms with Crippen LogP contribution in [0.25, 0.3) is 121 Å². The van der Waals surface area contributed by atoms with E-state index in [0.29, 0.717) is 70.5 Å². The largest absolute Gasteiger partial charge is 0.491 e. The molecule has 20 aromatic rings. The van der Waals surface area contributed by atoms with Crippen LogP contribution in [0.15, 0.2) is 238 Å². The molecule has 0 aliphatic rings. The van der Waals surface area contributed by atoms with E-state index in [9.17, 15) is 0 Å². The molecular weight excluding hydrogens is 1540 g/mol. The van der Waals surface area contributed by atoms with Gasteiger partial charge in [0, 0.05) is 46.1 Å². The summed E-state index contributed by atoms with van der Waals surface area (Å²) < 4.78 is 66.6. The number of halogens is 1. The number of aromatic nitrogens is 13. The number of methoxy groups -OCH3 is 1. The number of rotatable bonds is 15. The monoisotopic (exact) mass is 1640 g/mol. The van der Waals surface area contributed by atoms with Crippen molar-refractivity contribution in [2.75, 3.05) is 7.11 Å². The Morgan fingerprint density at radius 1 is 0.387 bits per heavy atom. The second kappa shape index (κ2) is 31.9. The van der Waals surface area contributed by atoms with Gasteiger partial charge in [0.25, 0.3) is 22.9 Å². The highest BCUT2D eigenvalue weighted by atomic mass is 19.1. The van der Waals surface area contributed by atoms with Gasteiger partial charge >= 0.3 is 17.6 Å². The lowest BCUT2D eigenvalue weighted by Crippen LogP contribution is -2.34. The van der Waals surface area contributed by atoms with Crippen molar-refractivity contribution in [2.24, 2.45) is 42.3 Å². The summed E-state index contributed by atoms with van der Waals surface area (Å²) in [6.07, 6.45) is 8.08. The Morgan fingerprint density at radius 3 is 1.18 bits per heavy atom. The van der Waals surface area contributed by atoms with Crippen molar-refractivity contribution in [3.8, 4) is 46.4 Å². The number of hydrogen-bond donors (Lipinski definition) is 0. The maximum Gasteiger partial charge on any atom is 0.376 e. The van der Waals surface area contributed by atoms with E-state index in [0.717, 1.165) is 133 Å². The Kier molecular flexibility index (Phi) is 20.8. The number of aryl methyl sites for hydroxylation is 9. The van der Waals surface area contributed by atoms with Gasteiger partial charge in [-0.15, -0.1) is 4.57 Å². The summed E-state index contributed by atoms with van der Waals surface area (Å²) in [5.41, 5.74) is 28.6. The fourth-order valence-electron chi connectivity index (χ4n) is 18.5. The van der Waals surface area contributed by atoms with E-state index in [2.05, 4.69) is 253 Å². The third kappa shape index (κ3) is 13.3. The number of nitrogens with zero attached hydrogens (tertiary/aromatic N) is 13. The first-order valence-electron chi connectivity index (χ1n) is 42.3. The third-order valence-electron chi connectivity index (χ3n) is 25.1. The summed E-state index contributed by atoms with van der Waals surface area (Å²) in [5.74, 6) is 5.86. The summed E-state index contributed by atoms with van der Waals surface area (Å²) >= 11 is 0. The van der Waals surface area contributed by atoms with E-state index in [1.807, 2.05) is 149 Å². The molecule has 20 rings (SSSR count). The van der Waals surface area contributed by atoms with E-state index < -0.39 is 5.95 Å². The molecule has 0 aliphatic carbocycles. The lowest BCUT2D eigenvalue weighted by atomic mass is 9.95. The Labute approximate surface area is 719 Å². The Hall–Kier alpha value is -14.3. The van der Waals surface area contributed by atoms with E-state index in [1.54, 1.807) is 13.3 Å². The Bertz CT molecular complexity index is 7830. The number of pyridine rings is 10. The summed E-state index contributed by atoms with van der Waals surface area (Å²) in [6.45, 7) is 29.5. The van der Waals surface area contributed by atoms with Crippen molar-refractivity contribution < 1.29 is 55.5 Å². The van der Waals surface area contributed by atoms with Gasteiger partial charge in [-0.05, 0) is 166 Å². The van der Waals surface area contributed by atoms with E-state index >= 15 is 4.39 Å². The lowest BCUT2D eigenvalue weighted by Gasteiger charge is -2.17. The summed E-state index contributed by atoms with van der Waals surface area (Å²) in [7, 11) is 13.9. The molecule has 0 saturated carbocycles. The molecule has 0 bridgehead atoms. The van der Waals surface area contributed by atoms with E-state index in [1.165, 1.54) is 49.5 Å². The molecule has 0 radical (unpaired) electrons. The molecule has 0 fully saturated rings. The first-order chi connectivity index (χ1) is 59.8. The maximum absolute atomic E-state index is 15.6. The number of hydrogen-bond acceptors (Lipinski definition) is 9. The molecule has 0 amide bonds. The highest BCUT2D eigenvalue weighted by Crippen LogP contribution is 2.45. The predicted octanol–water partition coefficient (Wildman–Crippen LogP) is 21.5. The molecule has 0 N–H and O–H groups in total. The topological polar surface area (TPSA) is 134 Å². The van der Waals surface area contributed by atoms with Crippen LogP contribution >= 0.6 is 0 Å². The molecule has 19 heteroatoms. The van der Waals surface area contributed by atoms with Crippen molar-refractivity contribution in [1.29, 1.82) is 0 Å². The van der Waals surface area contributed by atoms with Crippen molar-refractivity contribution >= 4 is 121 Å². The van der Waals surface area contributed by atoms with Crippen LogP contribution in [-0.4, -0.2) is 40.2 Å². The lowest BCUT2D eigenvalue weighted by molar-refractivity contribution is -0.680. The molecule has 0 spiro atoms. The number of imidazole rings is 3. The number of benzene rings is 7. The second-order valence-electron chi connectivity index (χ2n) is 33.5. The maximum atomic E-state index is 15.6. The summed E-state index contributed by atoms with van der Waals surface area (Å²) in [5, 5.41) is 6.65. The Balaban J connectivity index is 0.000000127. The van der Waals surface area contributed by atoms with Crippen LogP contribution in [0.2, 0.25) is 0 Å². The molecule has 7 aromatic carbocycles. The third-order valence-corrected chi connectivity index (χ3v) is 25.1. The van der Waals surface area contributed by atoms with Crippen LogP contribution in [0.1, 0.15) is 126 Å². The zero-order chi connectivity index (χ0) is 86.7. The minimum absolute atomic E-state index is 0.137. The standard InChI is InChI=1S/C37H36FN5O.C36H34N4O2.C32H32N4O2/c1-21(2)26-14-12-17-30-33(26)34-32(37-42(7)28-15-8-9-16-29(28)43(30)37)23(4)31(20-39-34)44-35-22(3)27(24(5)40-36(35)38)19-25-13-10-11-18-41(25)6;1-22(2)25-14-11-17-28-34(25)35-33(36-38(5)26-15-8-9-16-27(26)40(28)36)24(4)30(21-37-35)42-32-20-12-19-31(39(32)6)41-29-18-10-7-13-23(29)3;1-19(2)22-12-10-16-26-30(22)31-29(32-35(6)24-13-8-9-14-25(24)36(26)32)20(3)27(18-33-31)38-28-17-11-15-23(34(28)5)21(4)37-7/h8-18,20-21H,19H2,1-7H3;7-22H,1-6H3;8-19H,4H2,1-3,5-7H3/q3*+2. The van der Waals surface area contributed by atoms with Gasteiger partial charge in [0.15, 0.2) is 68.0 Å². The molecule has 0 atom stereocenters. The second-order valence-corrected chi connectivity index (χ2v) is 33.5. The van der Waals surface area contributed by atoms with Gasteiger partial charge in [-0.3, -0.25) is 15.0 Å². The van der Waals surface area contributed by atoms with Gasteiger partial charge < -0.3 is 23.7 Å². The zero-order valence-corrected chi connectivity index (χ0v) is 73.8. The Morgan fingerprint density at radius 2 is 0.758 bits per heavy atom. The van der Waals surface area contributed by atoms with Crippen LogP contribution in [-0.2, 0) is 53.4 Å². The number of ether oxygens (including phenoxy) is 5. The van der Waals surface area contributed by atoms with Crippen LogP contribution in [0.3, 0.4) is 0 Å². The summed E-state index contributed by atoms with van der Waals surface area (Å²) in [4.78, 5) is 19.5. The van der Waals surface area contributed by atoms with Gasteiger partial charge in [0.2, 0.25) is 5.69 Å². The minimum Gasteiger partial charge on any atom is -0.491 e. The van der Waals surface area contributed by atoms with Crippen molar-refractivity contribution in [3.63, 3.8) is 0 Å². The van der Waals surface area contributed by atoms with Crippen molar-refractivity contribution in [3.05, 3.63) is 311 Å². The number of fused-ring (bicyclic) bond motifs is 24. The summed E-state index contributed by atoms with van der Waals surface area (Å²) in [6, 6.07) is 71.0. The minimum atomic E-state index is -0.620. The van der Waals surface area contributed by atoms with E-state index in [4.69, 9.17) is 38.6 Å². The molecule has 0 aliphatic heterocycles. The van der Waals surface area contributed by atoms with Crippen LogP contribution in [0.4, 0.5) is 4.39 Å². The molecular formula is C105H102FN13O5+6. The van der Waals surface area contributed by atoms with Crippen molar-refractivity contribution in [2.45, 2.75) is 107 Å². The van der Waals surface area contributed by atoms with Gasteiger partial charge in [-0.1, -0.05) is 139 Å². The van der Waals surface area contributed by atoms with Gasteiger partial charge in [0.05, 0.1) is 120 Å². The molecule has 618 valence electrons. The van der Waals surface area contributed by atoms with E-state index in [-0.39, 0.29) is 5.75 Å². The molecule has 0 unspecified atom stereocenters. The van der Waals surface area contributed by atoms with Crippen LogP contribution in [0, 0.1) is 47.5 Å². The van der Waals surface area contributed by atoms with Gasteiger partial charge in [-0.25, -0.2) is 23.3 Å². The predicted molar refractivity (Wildman–Crippen MR) is 490 cm³/mol. The first kappa shape index (κ1) is 80.7. The molecule has 13 aromatic heterocycles. The zero-order valence-electron chi connectivity index (χ0n) is 73.8. The molecule has 0 saturated heterocycles. The average molecular weight is 1650 g/mol. The number of para-hydroxylation sites is 7. The van der Waals surface area contributed by atoms with Crippen LogP contribution in [0.5, 0.6) is 46.4 Å². The smallest absolute Gasteiger partial charge is 0.376 e. The van der Waals surface area contributed by atoms with Gasteiger partial charge in [0.1, 0.15) is 49.2 Å². The molecule has 18 nitrogen and oxygen atoms in total. The molecule has 13 heterocycles. The fraction of sp³-hybridized carbons (Fsp3) is 0.219. The normalized spacial score (nSPS) is 11.8. The SMILES string of the molecule is C=C(OC)c1cccc(Oc2cnc3c4c(C(C)C)cccc4n4c5ccccc5[n+](C)c4c3c2C)[n+]1C.Cc1ccccc1Oc1cccc(Oc2cnc3c4c(C(C)C)cccc4n4c5ccccc5[n+](C)c4c3c2C)[n+]1C.Cc1nc(F)c(Oc2cnc3c4c(C(C)C)cccc4n4c5ccccc5[n+](C)c4c3c2C)c(C)c1Cc1cccc[n+]1C. The van der Waals surface area contributed by atoms with Crippen LogP contribution < -0.4 is 46.4 Å². The average Bonchev–Trinajstić information content (AvgIpc) is 1.53.